The molecule has 120 valence electrons. The third kappa shape index (κ3) is 4.95. The van der Waals surface area contributed by atoms with Crippen LogP contribution in [0, 0.1) is 18.8 Å². The normalized spacial score (nSPS) is 11.7. The third-order valence-electron chi connectivity index (χ3n) is 2.98. The van der Waals surface area contributed by atoms with E-state index in [2.05, 4.69) is 16.6 Å². The van der Waals surface area contributed by atoms with Gasteiger partial charge in [0.05, 0.1) is 4.90 Å². The Morgan fingerprint density at radius 1 is 0.957 bits per heavy atom. The third-order valence-corrected chi connectivity index (χ3v) is 4.80. The zero-order valence-electron chi connectivity index (χ0n) is 13.8. The molecule has 0 spiro atoms. The van der Waals surface area contributed by atoms with Crippen molar-refractivity contribution in [2.24, 2.45) is 0 Å². The number of nitrogens with one attached hydrogen (secondary N) is 1. The van der Waals surface area contributed by atoms with Crippen LogP contribution in [0.3, 0.4) is 0 Å². The Morgan fingerprint density at radius 3 is 2.22 bits per heavy atom. The molecule has 3 nitrogen and oxygen atoms in total. The first-order chi connectivity index (χ1) is 10.7. The van der Waals surface area contributed by atoms with Crippen molar-refractivity contribution >= 4 is 10.0 Å². The molecule has 0 aromatic heterocycles. The molecule has 0 radical (unpaired) electrons. The second kappa shape index (κ2) is 6.57. The van der Waals surface area contributed by atoms with E-state index in [1.807, 2.05) is 58.0 Å². The molecule has 0 saturated carbocycles. The summed E-state index contributed by atoms with van der Waals surface area (Å²) in [5.74, 6) is 6.01. The van der Waals surface area contributed by atoms with E-state index in [0.717, 1.165) is 11.1 Å². The topological polar surface area (TPSA) is 46.2 Å². The van der Waals surface area contributed by atoms with E-state index in [4.69, 9.17) is 0 Å². The van der Waals surface area contributed by atoms with Crippen LogP contribution in [0.25, 0.3) is 0 Å². The maximum absolute atomic E-state index is 12.6. The predicted molar refractivity (Wildman–Crippen MR) is 93.7 cm³/mol. The molecule has 0 aliphatic carbocycles. The Kier molecular flexibility index (Phi) is 4.93. The lowest BCUT2D eigenvalue weighted by Gasteiger charge is -2.21. The molecule has 2 rings (SSSR count). The van der Waals surface area contributed by atoms with Crippen LogP contribution >= 0.6 is 0 Å². The minimum atomic E-state index is -3.62. The van der Waals surface area contributed by atoms with Crippen LogP contribution in [0.15, 0.2) is 53.4 Å². The van der Waals surface area contributed by atoms with E-state index in [1.54, 1.807) is 18.2 Å². The zero-order chi connectivity index (χ0) is 17.1. The summed E-state index contributed by atoms with van der Waals surface area (Å²) in [5, 5.41) is 0. The van der Waals surface area contributed by atoms with Gasteiger partial charge in [-0.3, -0.25) is 0 Å². The van der Waals surface area contributed by atoms with Crippen molar-refractivity contribution in [3.8, 4) is 11.8 Å². The summed E-state index contributed by atoms with van der Waals surface area (Å²) in [6.07, 6.45) is 0. The van der Waals surface area contributed by atoms with Crippen molar-refractivity contribution < 1.29 is 8.42 Å². The van der Waals surface area contributed by atoms with Gasteiger partial charge in [0.1, 0.15) is 0 Å². The van der Waals surface area contributed by atoms with Gasteiger partial charge in [-0.2, -0.15) is 0 Å². The van der Waals surface area contributed by atoms with Crippen molar-refractivity contribution in [2.75, 3.05) is 0 Å². The number of hydrogen-bond acceptors (Lipinski definition) is 2. The lowest BCUT2D eigenvalue weighted by atomic mass is 10.1. The maximum Gasteiger partial charge on any atom is 0.242 e. The number of hydrogen-bond donors (Lipinski definition) is 1. The highest BCUT2D eigenvalue weighted by molar-refractivity contribution is 7.89. The molecule has 0 bridgehead atoms. The molecule has 0 aliphatic heterocycles. The average molecular weight is 327 g/mol. The summed E-state index contributed by atoms with van der Waals surface area (Å²) < 4.78 is 27.9. The minimum absolute atomic E-state index is 0.210. The van der Waals surface area contributed by atoms with Crippen molar-refractivity contribution in [1.82, 2.24) is 4.72 Å². The molecule has 0 aliphatic rings. The molecule has 0 amide bonds. The fraction of sp³-hybridized carbons (Fsp3) is 0.263. The van der Waals surface area contributed by atoms with Crippen molar-refractivity contribution in [3.63, 3.8) is 0 Å². The molecule has 0 saturated heterocycles. The van der Waals surface area contributed by atoms with Gasteiger partial charge in [-0.05, 0) is 57.5 Å². The molecular weight excluding hydrogens is 306 g/mol. The summed E-state index contributed by atoms with van der Waals surface area (Å²) in [6, 6.07) is 14.7. The SMILES string of the molecule is Cc1ccc(S(=O)(=O)NC(C)(C)C)c(C#Cc2ccccc2)c1. The number of sulfonamides is 1. The molecule has 4 heteroatoms. The number of aryl methyl sites for hydroxylation is 1. The number of benzene rings is 2. The summed E-state index contributed by atoms with van der Waals surface area (Å²) >= 11 is 0. The quantitative estimate of drug-likeness (QED) is 0.859. The molecule has 0 fully saturated rings. The van der Waals surface area contributed by atoms with E-state index in [9.17, 15) is 8.42 Å². The lowest BCUT2D eigenvalue weighted by Crippen LogP contribution is -2.40. The molecule has 23 heavy (non-hydrogen) atoms. The van der Waals surface area contributed by atoms with E-state index >= 15 is 0 Å². The summed E-state index contributed by atoms with van der Waals surface area (Å²) in [7, 11) is -3.62. The summed E-state index contributed by atoms with van der Waals surface area (Å²) in [6.45, 7) is 7.36. The molecule has 0 unspecified atom stereocenters. The highest BCUT2D eigenvalue weighted by Crippen LogP contribution is 2.19. The first kappa shape index (κ1) is 17.3. The molecular formula is C19H21NO2S. The van der Waals surface area contributed by atoms with E-state index in [-0.39, 0.29) is 4.90 Å². The van der Waals surface area contributed by atoms with E-state index < -0.39 is 15.6 Å². The highest BCUT2D eigenvalue weighted by Gasteiger charge is 2.24. The second-order valence-electron chi connectivity index (χ2n) is 6.47. The van der Waals surface area contributed by atoms with Crippen molar-refractivity contribution in [3.05, 3.63) is 65.2 Å². The molecule has 0 heterocycles. The van der Waals surface area contributed by atoms with Crippen LogP contribution in [-0.4, -0.2) is 14.0 Å². The Balaban J connectivity index is 2.49. The Morgan fingerprint density at radius 2 is 1.61 bits per heavy atom. The second-order valence-corrected chi connectivity index (χ2v) is 8.12. The van der Waals surface area contributed by atoms with Gasteiger partial charge in [-0.15, -0.1) is 0 Å². The Bertz CT molecular complexity index is 852. The van der Waals surface area contributed by atoms with Crippen molar-refractivity contribution in [2.45, 2.75) is 38.1 Å². The van der Waals surface area contributed by atoms with Gasteiger partial charge in [0.25, 0.3) is 0 Å². The van der Waals surface area contributed by atoms with Gasteiger partial charge < -0.3 is 0 Å². The van der Waals surface area contributed by atoms with Crippen LogP contribution < -0.4 is 4.72 Å². The zero-order valence-corrected chi connectivity index (χ0v) is 14.7. The number of rotatable bonds is 2. The van der Waals surface area contributed by atoms with Gasteiger partial charge in [-0.25, -0.2) is 13.1 Å². The maximum atomic E-state index is 12.6. The Hall–Kier alpha value is -2.09. The minimum Gasteiger partial charge on any atom is -0.207 e. The smallest absolute Gasteiger partial charge is 0.207 e. The summed E-state index contributed by atoms with van der Waals surface area (Å²) in [5.41, 5.74) is 1.78. The van der Waals surface area contributed by atoms with Crippen LogP contribution in [0.5, 0.6) is 0 Å². The van der Waals surface area contributed by atoms with Gasteiger partial charge in [0, 0.05) is 16.7 Å². The van der Waals surface area contributed by atoms with Gasteiger partial charge in [-0.1, -0.05) is 36.1 Å². The standard InChI is InChI=1S/C19H21NO2S/c1-15-10-13-18(23(21,22)20-19(2,3)4)17(14-15)12-11-16-8-6-5-7-9-16/h5-10,13-14,20H,1-4H3. The molecule has 2 aromatic rings. The Labute approximate surface area is 138 Å². The molecule has 1 N–H and O–H groups in total. The van der Waals surface area contributed by atoms with Gasteiger partial charge in [0.15, 0.2) is 0 Å². The first-order valence-corrected chi connectivity index (χ1v) is 8.87. The van der Waals surface area contributed by atoms with Gasteiger partial charge >= 0.3 is 0 Å². The molecule has 0 atom stereocenters. The molecule has 2 aromatic carbocycles. The summed E-state index contributed by atoms with van der Waals surface area (Å²) in [4.78, 5) is 0.210. The van der Waals surface area contributed by atoms with Gasteiger partial charge in [0.2, 0.25) is 10.0 Å². The predicted octanol–water partition coefficient (Wildman–Crippen LogP) is 3.47. The van der Waals surface area contributed by atoms with Crippen LogP contribution in [-0.2, 0) is 10.0 Å². The van der Waals surface area contributed by atoms with Crippen molar-refractivity contribution in [1.29, 1.82) is 0 Å². The van der Waals surface area contributed by atoms with Crippen LogP contribution in [0.2, 0.25) is 0 Å². The van der Waals surface area contributed by atoms with E-state index in [1.165, 1.54) is 0 Å². The van der Waals surface area contributed by atoms with Crippen LogP contribution in [0.1, 0.15) is 37.5 Å². The fourth-order valence-corrected chi connectivity index (χ4v) is 3.66. The largest absolute Gasteiger partial charge is 0.242 e. The van der Waals surface area contributed by atoms with E-state index in [0.29, 0.717) is 5.56 Å². The van der Waals surface area contributed by atoms with Crippen LogP contribution in [0.4, 0.5) is 0 Å². The first-order valence-electron chi connectivity index (χ1n) is 7.39. The highest BCUT2D eigenvalue weighted by atomic mass is 32.2. The fourth-order valence-electron chi connectivity index (χ4n) is 2.09. The average Bonchev–Trinajstić information content (AvgIpc) is 2.43. The monoisotopic (exact) mass is 327 g/mol. The lowest BCUT2D eigenvalue weighted by molar-refractivity contribution is 0.491.